The van der Waals surface area contributed by atoms with Gasteiger partial charge in [0.2, 0.25) is 0 Å². The maximum atomic E-state index is 8.74. The van der Waals surface area contributed by atoms with Gasteiger partial charge in [-0.15, -0.1) is 0 Å². The first-order chi connectivity index (χ1) is 9.11. The lowest BCUT2D eigenvalue weighted by Crippen LogP contribution is -2.38. The van der Waals surface area contributed by atoms with Crippen LogP contribution in [0.3, 0.4) is 0 Å². The molecule has 1 aromatic heterocycles. The van der Waals surface area contributed by atoms with Crippen molar-refractivity contribution in [1.82, 2.24) is 9.88 Å². The number of nitrogens with zero attached hydrogens (tertiary/aromatic N) is 4. The number of oxime groups is 1. The highest BCUT2D eigenvalue weighted by molar-refractivity contribution is 5.97. The van der Waals surface area contributed by atoms with Crippen molar-refractivity contribution in [1.29, 1.82) is 0 Å². The Balaban J connectivity index is 2.25. The van der Waals surface area contributed by atoms with Crippen LogP contribution in [0.2, 0.25) is 0 Å². The van der Waals surface area contributed by atoms with Gasteiger partial charge in [0.25, 0.3) is 0 Å². The van der Waals surface area contributed by atoms with Crippen molar-refractivity contribution in [3.63, 3.8) is 0 Å². The van der Waals surface area contributed by atoms with Crippen molar-refractivity contribution < 1.29 is 5.21 Å². The fraction of sp³-hybridized carbons (Fsp3) is 0.538. The van der Waals surface area contributed by atoms with Gasteiger partial charge in [-0.25, -0.2) is 4.98 Å². The summed E-state index contributed by atoms with van der Waals surface area (Å²) >= 11 is 0. The van der Waals surface area contributed by atoms with Gasteiger partial charge < -0.3 is 20.7 Å². The Labute approximate surface area is 113 Å². The summed E-state index contributed by atoms with van der Waals surface area (Å²) in [6, 6.07) is 4.01. The number of rotatable bonds is 2. The number of nitrogens with two attached hydrogens (primary N) is 1. The fourth-order valence-electron chi connectivity index (χ4n) is 2.51. The highest BCUT2D eigenvalue weighted by atomic mass is 16.4. The zero-order valence-electron chi connectivity index (χ0n) is 11.5. The molecule has 1 aromatic rings. The van der Waals surface area contributed by atoms with E-state index in [-0.39, 0.29) is 5.84 Å². The Morgan fingerprint density at radius 3 is 3.05 bits per heavy atom. The van der Waals surface area contributed by atoms with Gasteiger partial charge >= 0.3 is 0 Å². The molecular formula is C13H21N5O. The van der Waals surface area contributed by atoms with Gasteiger partial charge in [0, 0.05) is 30.9 Å². The van der Waals surface area contributed by atoms with Crippen LogP contribution in [0.1, 0.15) is 18.9 Å². The van der Waals surface area contributed by atoms with Crippen LogP contribution in [0.5, 0.6) is 0 Å². The topological polar surface area (TPSA) is 78.0 Å². The molecule has 1 fully saturated rings. The monoisotopic (exact) mass is 263 g/mol. The largest absolute Gasteiger partial charge is 0.409 e. The van der Waals surface area contributed by atoms with Crippen LogP contribution in [0.25, 0.3) is 0 Å². The van der Waals surface area contributed by atoms with Crippen molar-refractivity contribution in [2.75, 3.05) is 31.6 Å². The van der Waals surface area contributed by atoms with E-state index in [1.54, 1.807) is 12.3 Å². The third kappa shape index (κ3) is 3.14. The molecule has 0 bridgehead atoms. The number of amidine groups is 1. The Morgan fingerprint density at radius 1 is 1.53 bits per heavy atom. The minimum Gasteiger partial charge on any atom is -0.409 e. The van der Waals surface area contributed by atoms with E-state index >= 15 is 0 Å². The van der Waals surface area contributed by atoms with Crippen LogP contribution in [-0.2, 0) is 0 Å². The quantitative estimate of drug-likeness (QED) is 0.355. The van der Waals surface area contributed by atoms with Crippen molar-refractivity contribution in [3.05, 3.63) is 23.9 Å². The van der Waals surface area contributed by atoms with Crippen LogP contribution in [0.15, 0.2) is 23.5 Å². The summed E-state index contributed by atoms with van der Waals surface area (Å²) in [5.74, 6) is 0.996. The molecular weight excluding hydrogens is 242 g/mol. The summed E-state index contributed by atoms with van der Waals surface area (Å²) in [6.07, 6.45) is 2.81. The van der Waals surface area contributed by atoms with Gasteiger partial charge in [-0.3, -0.25) is 0 Å². The first-order valence-corrected chi connectivity index (χ1v) is 6.51. The second kappa shape index (κ2) is 5.88. The Hall–Kier alpha value is -1.82. The van der Waals surface area contributed by atoms with Crippen LogP contribution < -0.4 is 10.6 Å². The normalized spacial score (nSPS) is 22.3. The molecule has 19 heavy (non-hydrogen) atoms. The van der Waals surface area contributed by atoms with Crippen molar-refractivity contribution in [2.24, 2.45) is 10.9 Å². The Bertz CT molecular complexity index is 462. The van der Waals surface area contributed by atoms with E-state index in [0.29, 0.717) is 11.6 Å². The summed E-state index contributed by atoms with van der Waals surface area (Å²) in [4.78, 5) is 9.02. The van der Waals surface area contributed by atoms with Crippen LogP contribution in [-0.4, -0.2) is 53.7 Å². The van der Waals surface area contributed by atoms with E-state index in [0.717, 1.165) is 31.9 Å². The average molecular weight is 263 g/mol. The Morgan fingerprint density at radius 2 is 2.32 bits per heavy atom. The third-order valence-corrected chi connectivity index (χ3v) is 3.49. The van der Waals surface area contributed by atoms with Gasteiger partial charge in [-0.05, 0) is 39.1 Å². The molecule has 0 aromatic carbocycles. The summed E-state index contributed by atoms with van der Waals surface area (Å²) in [5, 5.41) is 11.8. The van der Waals surface area contributed by atoms with E-state index < -0.39 is 0 Å². The molecule has 1 aliphatic rings. The molecule has 0 radical (unpaired) electrons. The van der Waals surface area contributed by atoms with Crippen molar-refractivity contribution >= 4 is 11.7 Å². The second-order valence-electron chi connectivity index (χ2n) is 5.05. The molecule has 0 aliphatic carbocycles. The van der Waals surface area contributed by atoms with E-state index in [1.165, 1.54) is 0 Å². The smallest absolute Gasteiger partial charge is 0.170 e. The molecule has 6 heteroatoms. The summed E-state index contributed by atoms with van der Waals surface area (Å²) in [6.45, 7) is 5.27. The summed E-state index contributed by atoms with van der Waals surface area (Å²) < 4.78 is 0. The number of anilines is 1. The number of pyridine rings is 1. The lowest BCUT2D eigenvalue weighted by molar-refractivity contribution is 0.318. The summed E-state index contributed by atoms with van der Waals surface area (Å²) in [7, 11) is 2.14. The SMILES string of the molecule is CC1CN(C)CCCN1c1cc(/C(N)=N/O)ccn1. The molecule has 3 N–H and O–H groups in total. The van der Waals surface area contributed by atoms with Gasteiger partial charge in [0.15, 0.2) is 5.84 Å². The zero-order valence-corrected chi connectivity index (χ0v) is 11.5. The van der Waals surface area contributed by atoms with E-state index in [2.05, 4.69) is 33.9 Å². The second-order valence-corrected chi connectivity index (χ2v) is 5.05. The Kier molecular flexibility index (Phi) is 4.21. The molecule has 6 nitrogen and oxygen atoms in total. The standard InChI is InChI=1S/C13H21N5O/c1-10-9-17(2)6-3-7-18(10)12-8-11(4-5-15-12)13(14)16-19/h4-5,8,10,19H,3,6-7,9H2,1-2H3,(H2,14,16). The van der Waals surface area contributed by atoms with Crippen LogP contribution in [0.4, 0.5) is 5.82 Å². The highest BCUT2D eigenvalue weighted by Gasteiger charge is 2.21. The first-order valence-electron chi connectivity index (χ1n) is 6.51. The fourth-order valence-corrected chi connectivity index (χ4v) is 2.51. The van der Waals surface area contributed by atoms with Crippen LogP contribution >= 0.6 is 0 Å². The number of hydrogen-bond acceptors (Lipinski definition) is 5. The molecule has 0 amide bonds. The van der Waals surface area contributed by atoms with Gasteiger partial charge in [-0.2, -0.15) is 0 Å². The lowest BCUT2D eigenvalue weighted by atomic mass is 10.2. The number of hydrogen-bond donors (Lipinski definition) is 2. The maximum Gasteiger partial charge on any atom is 0.170 e. The van der Waals surface area contributed by atoms with Gasteiger partial charge in [0.05, 0.1) is 0 Å². The molecule has 0 saturated carbocycles. The summed E-state index contributed by atoms with van der Waals surface area (Å²) in [5.41, 5.74) is 6.32. The lowest BCUT2D eigenvalue weighted by Gasteiger charge is -2.29. The van der Waals surface area contributed by atoms with E-state index in [9.17, 15) is 0 Å². The zero-order chi connectivity index (χ0) is 13.8. The maximum absolute atomic E-state index is 8.74. The minimum atomic E-state index is 0.114. The number of likely N-dealkylation sites (N-methyl/N-ethyl adjacent to an activating group) is 1. The minimum absolute atomic E-state index is 0.114. The van der Waals surface area contributed by atoms with Gasteiger partial charge in [0.1, 0.15) is 5.82 Å². The molecule has 2 rings (SSSR count). The highest BCUT2D eigenvalue weighted by Crippen LogP contribution is 2.18. The predicted molar refractivity (Wildman–Crippen MR) is 75.7 cm³/mol. The van der Waals surface area contributed by atoms with E-state index in [1.807, 2.05) is 6.07 Å². The third-order valence-electron chi connectivity index (χ3n) is 3.49. The molecule has 1 unspecified atom stereocenters. The molecule has 0 spiro atoms. The van der Waals surface area contributed by atoms with Crippen LogP contribution in [0, 0.1) is 0 Å². The van der Waals surface area contributed by atoms with Crippen molar-refractivity contribution in [3.8, 4) is 0 Å². The number of aromatic nitrogens is 1. The first kappa shape index (κ1) is 13.6. The molecule has 104 valence electrons. The molecule has 1 aliphatic heterocycles. The molecule has 2 heterocycles. The van der Waals surface area contributed by atoms with E-state index in [4.69, 9.17) is 10.9 Å². The average Bonchev–Trinajstić information content (AvgIpc) is 2.58. The molecule has 1 saturated heterocycles. The van der Waals surface area contributed by atoms with Gasteiger partial charge in [-0.1, -0.05) is 5.16 Å². The van der Waals surface area contributed by atoms with Crippen molar-refractivity contribution in [2.45, 2.75) is 19.4 Å². The predicted octanol–water partition coefficient (Wildman–Crippen LogP) is 0.707. The molecule has 1 atom stereocenters.